The van der Waals surface area contributed by atoms with Crippen LogP contribution in [-0.2, 0) is 14.3 Å². The molecule has 0 aromatic heterocycles. The summed E-state index contributed by atoms with van der Waals surface area (Å²) in [5.74, 6) is -0.399. The predicted octanol–water partition coefficient (Wildman–Crippen LogP) is -2.42. The van der Waals surface area contributed by atoms with Gasteiger partial charge in [-0.15, -0.1) is 0 Å². The third-order valence-electron chi connectivity index (χ3n) is 2.51. The SMILES string of the molecule is CO[C@@H]1C(CO)O[C@@H](O)C(NC(C)=O)C1O. The third kappa shape index (κ3) is 2.69. The first kappa shape index (κ1) is 13.3. The Morgan fingerprint density at radius 3 is 2.56 bits per heavy atom. The molecule has 0 radical (unpaired) electrons. The second-order valence-corrected chi connectivity index (χ2v) is 3.66. The molecule has 1 aliphatic heterocycles. The lowest BCUT2D eigenvalue weighted by molar-refractivity contribution is -0.258. The largest absolute Gasteiger partial charge is 0.394 e. The number of methoxy groups -OCH3 is 1. The molecule has 4 N–H and O–H groups in total. The molecule has 5 atom stereocenters. The molecule has 0 aliphatic carbocycles. The lowest BCUT2D eigenvalue weighted by Gasteiger charge is -2.41. The molecular formula is C9H17NO6. The topological polar surface area (TPSA) is 108 Å². The number of hydrogen-bond donors (Lipinski definition) is 4. The average molecular weight is 235 g/mol. The summed E-state index contributed by atoms with van der Waals surface area (Å²) >= 11 is 0. The van der Waals surface area contributed by atoms with Gasteiger partial charge in [-0.2, -0.15) is 0 Å². The van der Waals surface area contributed by atoms with E-state index < -0.39 is 36.6 Å². The highest BCUT2D eigenvalue weighted by atomic mass is 16.6. The monoisotopic (exact) mass is 235 g/mol. The zero-order valence-corrected chi connectivity index (χ0v) is 9.16. The highest BCUT2D eigenvalue weighted by molar-refractivity contribution is 5.73. The fourth-order valence-electron chi connectivity index (χ4n) is 1.76. The number of hydrogen-bond acceptors (Lipinski definition) is 6. The van der Waals surface area contributed by atoms with Crippen molar-refractivity contribution in [3.05, 3.63) is 0 Å². The number of ether oxygens (including phenoxy) is 2. The normalized spacial score (nSPS) is 39.4. The molecular weight excluding hydrogens is 218 g/mol. The van der Waals surface area contributed by atoms with Crippen molar-refractivity contribution in [3.63, 3.8) is 0 Å². The van der Waals surface area contributed by atoms with E-state index >= 15 is 0 Å². The summed E-state index contributed by atoms with van der Waals surface area (Å²) in [6.07, 6.45) is -4.14. The van der Waals surface area contributed by atoms with Crippen LogP contribution in [0.2, 0.25) is 0 Å². The van der Waals surface area contributed by atoms with Crippen LogP contribution in [0, 0.1) is 0 Å². The molecule has 1 saturated heterocycles. The van der Waals surface area contributed by atoms with Gasteiger partial charge in [0.05, 0.1) is 6.61 Å². The highest BCUT2D eigenvalue weighted by Gasteiger charge is 2.44. The summed E-state index contributed by atoms with van der Waals surface area (Å²) < 4.78 is 10.00. The first-order chi connectivity index (χ1) is 7.51. The van der Waals surface area contributed by atoms with Gasteiger partial charge in [0.15, 0.2) is 6.29 Å². The number of aliphatic hydroxyl groups is 3. The molecule has 1 fully saturated rings. The zero-order valence-electron chi connectivity index (χ0n) is 9.16. The van der Waals surface area contributed by atoms with E-state index in [9.17, 15) is 15.0 Å². The van der Waals surface area contributed by atoms with Crippen LogP contribution < -0.4 is 5.32 Å². The predicted molar refractivity (Wildman–Crippen MR) is 52.4 cm³/mol. The number of rotatable bonds is 3. The minimum absolute atomic E-state index is 0.389. The highest BCUT2D eigenvalue weighted by Crippen LogP contribution is 2.21. The van der Waals surface area contributed by atoms with Crippen LogP contribution in [0.15, 0.2) is 0 Å². The molecule has 3 unspecified atom stereocenters. The fourth-order valence-corrected chi connectivity index (χ4v) is 1.76. The maximum Gasteiger partial charge on any atom is 0.217 e. The summed E-state index contributed by atoms with van der Waals surface area (Å²) in [5, 5.41) is 30.7. The number of carbonyl (C=O) groups is 1. The van der Waals surface area contributed by atoms with Gasteiger partial charge >= 0.3 is 0 Å². The van der Waals surface area contributed by atoms with Gasteiger partial charge in [0.2, 0.25) is 5.91 Å². The van der Waals surface area contributed by atoms with Gasteiger partial charge in [0.25, 0.3) is 0 Å². The quantitative estimate of drug-likeness (QED) is 0.433. The van der Waals surface area contributed by atoms with Gasteiger partial charge in [-0.1, -0.05) is 0 Å². The molecule has 94 valence electrons. The van der Waals surface area contributed by atoms with E-state index in [0.29, 0.717) is 0 Å². The molecule has 7 heteroatoms. The van der Waals surface area contributed by atoms with Crippen molar-refractivity contribution in [1.29, 1.82) is 0 Å². The first-order valence-electron chi connectivity index (χ1n) is 4.93. The third-order valence-corrected chi connectivity index (χ3v) is 2.51. The second-order valence-electron chi connectivity index (χ2n) is 3.66. The van der Waals surface area contributed by atoms with E-state index in [0.717, 1.165) is 0 Å². The molecule has 0 aromatic rings. The van der Waals surface area contributed by atoms with Crippen LogP contribution in [0.25, 0.3) is 0 Å². The van der Waals surface area contributed by atoms with Gasteiger partial charge in [0.1, 0.15) is 24.4 Å². The molecule has 0 aromatic carbocycles. The lowest BCUT2D eigenvalue weighted by atomic mass is 9.97. The van der Waals surface area contributed by atoms with Gasteiger partial charge in [-0.05, 0) is 0 Å². The molecule has 1 heterocycles. The maximum absolute atomic E-state index is 10.9. The summed E-state index contributed by atoms with van der Waals surface area (Å²) in [5.41, 5.74) is 0. The average Bonchev–Trinajstić information content (AvgIpc) is 2.23. The van der Waals surface area contributed by atoms with Gasteiger partial charge in [-0.3, -0.25) is 4.79 Å². The minimum atomic E-state index is -1.37. The smallest absolute Gasteiger partial charge is 0.217 e. The number of amides is 1. The Morgan fingerprint density at radius 2 is 2.12 bits per heavy atom. The van der Waals surface area contributed by atoms with Crippen molar-refractivity contribution in [3.8, 4) is 0 Å². The Labute approximate surface area is 93.0 Å². The van der Waals surface area contributed by atoms with Crippen molar-refractivity contribution in [2.24, 2.45) is 0 Å². The minimum Gasteiger partial charge on any atom is -0.394 e. The van der Waals surface area contributed by atoms with Crippen LogP contribution in [-0.4, -0.2) is 65.6 Å². The van der Waals surface area contributed by atoms with Crippen LogP contribution >= 0.6 is 0 Å². The van der Waals surface area contributed by atoms with E-state index in [-0.39, 0.29) is 6.61 Å². The number of aliphatic hydroxyl groups excluding tert-OH is 3. The van der Waals surface area contributed by atoms with E-state index in [2.05, 4.69) is 5.32 Å². The van der Waals surface area contributed by atoms with Gasteiger partial charge in [0, 0.05) is 14.0 Å². The van der Waals surface area contributed by atoms with Crippen molar-refractivity contribution in [1.82, 2.24) is 5.32 Å². The molecule has 16 heavy (non-hydrogen) atoms. The van der Waals surface area contributed by atoms with Crippen molar-refractivity contribution in [2.75, 3.05) is 13.7 Å². The molecule has 1 amide bonds. The van der Waals surface area contributed by atoms with Crippen LogP contribution in [0.3, 0.4) is 0 Å². The van der Waals surface area contributed by atoms with Crippen molar-refractivity contribution < 1.29 is 29.6 Å². The first-order valence-corrected chi connectivity index (χ1v) is 4.93. The Kier molecular flexibility index (Phi) is 4.63. The van der Waals surface area contributed by atoms with Crippen LogP contribution in [0.5, 0.6) is 0 Å². The zero-order chi connectivity index (χ0) is 12.3. The lowest BCUT2D eigenvalue weighted by Crippen LogP contribution is -2.64. The van der Waals surface area contributed by atoms with E-state index in [1.165, 1.54) is 14.0 Å². The van der Waals surface area contributed by atoms with Crippen LogP contribution in [0.1, 0.15) is 6.92 Å². The number of nitrogens with one attached hydrogen (secondary N) is 1. The van der Waals surface area contributed by atoms with E-state index in [4.69, 9.17) is 14.6 Å². The Balaban J connectivity index is 2.76. The number of carbonyl (C=O) groups excluding carboxylic acids is 1. The van der Waals surface area contributed by atoms with Gasteiger partial charge in [-0.25, -0.2) is 0 Å². The molecule has 7 nitrogen and oxygen atoms in total. The maximum atomic E-state index is 10.9. The van der Waals surface area contributed by atoms with Crippen LogP contribution in [0.4, 0.5) is 0 Å². The van der Waals surface area contributed by atoms with Gasteiger partial charge < -0.3 is 30.1 Å². The Morgan fingerprint density at radius 1 is 1.50 bits per heavy atom. The van der Waals surface area contributed by atoms with E-state index in [1.54, 1.807) is 0 Å². The Hall–Kier alpha value is -0.730. The molecule has 0 saturated carbocycles. The molecule has 1 rings (SSSR count). The summed E-state index contributed by atoms with van der Waals surface area (Å²) in [7, 11) is 1.35. The standard InChI is InChI=1S/C9H17NO6/c1-4(12)10-6-7(13)8(15-2)5(3-11)16-9(6)14/h5-9,11,13-14H,3H2,1-2H3,(H,10,12)/t5?,6?,7?,8-,9-/m1/s1. The molecule has 0 bridgehead atoms. The van der Waals surface area contributed by atoms with Crippen molar-refractivity contribution in [2.45, 2.75) is 37.6 Å². The Bertz CT molecular complexity index is 248. The van der Waals surface area contributed by atoms with Crippen molar-refractivity contribution >= 4 is 5.91 Å². The van der Waals surface area contributed by atoms with E-state index in [1.807, 2.05) is 0 Å². The summed E-state index contributed by atoms with van der Waals surface area (Å²) in [4.78, 5) is 10.9. The fraction of sp³-hybridized carbons (Fsp3) is 0.889. The second kappa shape index (κ2) is 5.55. The summed E-state index contributed by atoms with van der Waals surface area (Å²) in [6, 6.07) is -0.967. The summed E-state index contributed by atoms with van der Waals surface area (Å²) in [6.45, 7) is 0.874. The molecule has 0 spiro atoms. The molecule has 1 aliphatic rings.